The van der Waals surface area contributed by atoms with Crippen molar-refractivity contribution in [3.05, 3.63) is 66.2 Å². The molecule has 0 spiro atoms. The second-order valence-corrected chi connectivity index (χ2v) is 8.95. The molecule has 0 bridgehead atoms. The van der Waals surface area contributed by atoms with E-state index in [1.165, 1.54) is 12.0 Å². The standard InChI is InChI=1S/C26H33N3O3/c30-24(32-23-14-8-3-9-15-23)26(28-25(31)27-22-12-6-2-7-13-22)16-18-29(19-17-26)20-21-10-4-1-5-11-21/h1-2,4-7,10-13,23H,3,8-9,14-20H2,(H2,27,28,31). The Hall–Kier alpha value is -2.86. The number of amides is 2. The molecule has 0 atom stereocenters. The van der Waals surface area contributed by atoms with E-state index < -0.39 is 5.54 Å². The molecule has 32 heavy (non-hydrogen) atoms. The number of carbonyl (C=O) groups excluding carboxylic acids is 2. The summed E-state index contributed by atoms with van der Waals surface area (Å²) in [6.07, 6.45) is 6.26. The molecule has 6 nitrogen and oxygen atoms in total. The molecule has 2 aromatic carbocycles. The van der Waals surface area contributed by atoms with Crippen molar-refractivity contribution < 1.29 is 14.3 Å². The number of ether oxygens (including phenoxy) is 1. The zero-order chi connectivity index (χ0) is 22.2. The fourth-order valence-corrected chi connectivity index (χ4v) is 4.66. The number of anilines is 1. The number of nitrogens with one attached hydrogen (secondary N) is 2. The number of hydrogen-bond acceptors (Lipinski definition) is 4. The van der Waals surface area contributed by atoms with Gasteiger partial charge < -0.3 is 15.4 Å². The van der Waals surface area contributed by atoms with Crippen molar-refractivity contribution in [3.8, 4) is 0 Å². The van der Waals surface area contributed by atoms with Gasteiger partial charge in [0.2, 0.25) is 0 Å². The van der Waals surface area contributed by atoms with E-state index in [2.05, 4.69) is 27.7 Å². The molecule has 2 N–H and O–H groups in total. The number of hydrogen-bond donors (Lipinski definition) is 2. The second kappa shape index (κ2) is 10.6. The molecular weight excluding hydrogens is 402 g/mol. The Bertz CT molecular complexity index is 874. The number of esters is 1. The number of benzene rings is 2. The maximum atomic E-state index is 13.4. The Morgan fingerprint density at radius 1 is 0.906 bits per heavy atom. The molecule has 2 fully saturated rings. The third kappa shape index (κ3) is 5.88. The molecule has 1 saturated heterocycles. The van der Waals surface area contributed by atoms with Gasteiger partial charge >= 0.3 is 12.0 Å². The molecule has 2 aliphatic rings. The lowest BCUT2D eigenvalue weighted by atomic mass is 9.87. The highest BCUT2D eigenvalue weighted by Crippen LogP contribution is 2.28. The van der Waals surface area contributed by atoms with Gasteiger partial charge in [0, 0.05) is 25.3 Å². The van der Waals surface area contributed by atoms with Crippen molar-refractivity contribution in [2.45, 2.75) is 63.1 Å². The summed E-state index contributed by atoms with van der Waals surface area (Å²) in [4.78, 5) is 28.5. The Morgan fingerprint density at radius 3 is 2.19 bits per heavy atom. The summed E-state index contributed by atoms with van der Waals surface area (Å²) < 4.78 is 5.94. The summed E-state index contributed by atoms with van der Waals surface area (Å²) in [6.45, 7) is 2.28. The molecule has 170 valence electrons. The van der Waals surface area contributed by atoms with Crippen LogP contribution in [-0.4, -0.2) is 41.6 Å². The number of carbonyl (C=O) groups is 2. The molecule has 4 rings (SSSR count). The summed E-state index contributed by atoms with van der Waals surface area (Å²) in [5.74, 6) is -0.285. The minimum Gasteiger partial charge on any atom is -0.461 e. The van der Waals surface area contributed by atoms with E-state index in [4.69, 9.17) is 4.74 Å². The van der Waals surface area contributed by atoms with E-state index >= 15 is 0 Å². The van der Waals surface area contributed by atoms with Gasteiger partial charge in [-0.2, -0.15) is 0 Å². The smallest absolute Gasteiger partial charge is 0.332 e. The molecule has 2 aromatic rings. The van der Waals surface area contributed by atoms with Crippen LogP contribution in [0.2, 0.25) is 0 Å². The molecular formula is C26H33N3O3. The van der Waals surface area contributed by atoms with Crippen molar-refractivity contribution in [1.82, 2.24) is 10.2 Å². The molecule has 0 unspecified atom stereocenters. The van der Waals surface area contributed by atoms with Crippen LogP contribution in [0.1, 0.15) is 50.5 Å². The molecule has 1 aliphatic carbocycles. The van der Waals surface area contributed by atoms with Crippen LogP contribution in [0, 0.1) is 0 Å². The quantitative estimate of drug-likeness (QED) is 0.644. The van der Waals surface area contributed by atoms with Crippen LogP contribution in [0.3, 0.4) is 0 Å². The van der Waals surface area contributed by atoms with Gasteiger partial charge in [-0.15, -0.1) is 0 Å². The van der Waals surface area contributed by atoms with Crippen molar-refractivity contribution >= 4 is 17.7 Å². The van der Waals surface area contributed by atoms with E-state index in [1.807, 2.05) is 48.5 Å². The van der Waals surface area contributed by atoms with E-state index in [1.54, 1.807) is 0 Å². The van der Waals surface area contributed by atoms with Gasteiger partial charge in [-0.3, -0.25) is 4.90 Å². The number of rotatable bonds is 6. The molecule has 0 aromatic heterocycles. The van der Waals surface area contributed by atoms with Crippen molar-refractivity contribution in [1.29, 1.82) is 0 Å². The fourth-order valence-electron chi connectivity index (χ4n) is 4.66. The summed E-state index contributed by atoms with van der Waals surface area (Å²) >= 11 is 0. The van der Waals surface area contributed by atoms with Crippen molar-refractivity contribution in [3.63, 3.8) is 0 Å². The van der Waals surface area contributed by atoms with E-state index in [0.717, 1.165) is 45.3 Å². The lowest BCUT2D eigenvalue weighted by molar-refractivity contribution is -0.160. The van der Waals surface area contributed by atoms with Crippen LogP contribution in [0.5, 0.6) is 0 Å². The zero-order valence-corrected chi connectivity index (χ0v) is 18.6. The van der Waals surface area contributed by atoms with Crippen LogP contribution in [0.4, 0.5) is 10.5 Å². The molecule has 0 radical (unpaired) electrons. The predicted molar refractivity (Wildman–Crippen MR) is 125 cm³/mol. The summed E-state index contributed by atoms with van der Waals surface area (Å²) in [6, 6.07) is 19.2. The van der Waals surface area contributed by atoms with Crippen LogP contribution >= 0.6 is 0 Å². The zero-order valence-electron chi connectivity index (χ0n) is 18.6. The van der Waals surface area contributed by atoms with Gasteiger partial charge in [0.25, 0.3) is 0 Å². The van der Waals surface area contributed by atoms with Gasteiger partial charge in [-0.25, -0.2) is 9.59 Å². The van der Waals surface area contributed by atoms with E-state index in [0.29, 0.717) is 18.5 Å². The molecule has 6 heteroatoms. The van der Waals surface area contributed by atoms with Gasteiger partial charge in [-0.05, 0) is 56.2 Å². The van der Waals surface area contributed by atoms with Crippen LogP contribution in [0.15, 0.2) is 60.7 Å². The second-order valence-electron chi connectivity index (χ2n) is 8.95. The Balaban J connectivity index is 1.42. The number of para-hydroxylation sites is 1. The minimum absolute atomic E-state index is 0.0329. The number of likely N-dealkylation sites (tertiary alicyclic amines) is 1. The highest BCUT2D eigenvalue weighted by molar-refractivity contribution is 5.94. The topological polar surface area (TPSA) is 70.7 Å². The first-order valence-electron chi connectivity index (χ1n) is 11.7. The van der Waals surface area contributed by atoms with Gasteiger partial charge in [-0.1, -0.05) is 55.0 Å². The SMILES string of the molecule is O=C(Nc1ccccc1)NC1(C(=O)OC2CCCCC2)CCN(Cc2ccccc2)CC1. The third-order valence-corrected chi connectivity index (χ3v) is 6.56. The summed E-state index contributed by atoms with van der Waals surface area (Å²) in [5, 5.41) is 5.86. The van der Waals surface area contributed by atoms with E-state index in [9.17, 15) is 9.59 Å². The first kappa shape index (κ1) is 22.3. The van der Waals surface area contributed by atoms with Crippen molar-refractivity contribution in [2.24, 2.45) is 0 Å². The molecule has 1 saturated carbocycles. The lowest BCUT2D eigenvalue weighted by Crippen LogP contribution is -2.61. The fraction of sp³-hybridized carbons (Fsp3) is 0.462. The Kier molecular flexibility index (Phi) is 7.43. The number of piperidine rings is 1. The summed E-state index contributed by atoms with van der Waals surface area (Å²) in [5.41, 5.74) is 0.950. The monoisotopic (exact) mass is 435 g/mol. The van der Waals surface area contributed by atoms with Gasteiger partial charge in [0.05, 0.1) is 0 Å². The maximum Gasteiger partial charge on any atom is 0.332 e. The number of nitrogens with zero attached hydrogens (tertiary/aromatic N) is 1. The number of urea groups is 1. The predicted octanol–water partition coefficient (Wildman–Crippen LogP) is 4.72. The van der Waals surface area contributed by atoms with Crippen molar-refractivity contribution in [2.75, 3.05) is 18.4 Å². The Morgan fingerprint density at radius 2 is 1.53 bits per heavy atom. The van der Waals surface area contributed by atoms with E-state index in [-0.39, 0.29) is 18.1 Å². The molecule has 1 heterocycles. The van der Waals surface area contributed by atoms with Crippen LogP contribution in [0.25, 0.3) is 0 Å². The first-order valence-corrected chi connectivity index (χ1v) is 11.7. The van der Waals surface area contributed by atoms with Gasteiger partial charge in [0.15, 0.2) is 0 Å². The highest BCUT2D eigenvalue weighted by Gasteiger charge is 2.45. The third-order valence-electron chi connectivity index (χ3n) is 6.56. The molecule has 1 aliphatic heterocycles. The maximum absolute atomic E-state index is 13.4. The lowest BCUT2D eigenvalue weighted by Gasteiger charge is -2.41. The van der Waals surface area contributed by atoms with Crippen LogP contribution in [-0.2, 0) is 16.1 Å². The average molecular weight is 436 g/mol. The molecule has 2 amide bonds. The van der Waals surface area contributed by atoms with Crippen LogP contribution < -0.4 is 10.6 Å². The largest absolute Gasteiger partial charge is 0.461 e. The Labute approximate surface area is 190 Å². The summed E-state index contributed by atoms with van der Waals surface area (Å²) in [7, 11) is 0. The minimum atomic E-state index is -0.997. The average Bonchev–Trinajstić information content (AvgIpc) is 2.82. The highest BCUT2D eigenvalue weighted by atomic mass is 16.5. The first-order chi connectivity index (χ1) is 15.6. The normalized spacial score (nSPS) is 19.1. The van der Waals surface area contributed by atoms with Gasteiger partial charge in [0.1, 0.15) is 11.6 Å².